The fourth-order valence-electron chi connectivity index (χ4n) is 6.45. The molecule has 196 valence electrons. The van der Waals surface area contributed by atoms with E-state index in [1.165, 1.54) is 4.90 Å². The van der Waals surface area contributed by atoms with Crippen molar-refractivity contribution in [1.29, 1.82) is 0 Å². The Balaban J connectivity index is 1.80. The van der Waals surface area contributed by atoms with Crippen molar-refractivity contribution in [2.45, 2.75) is 50.9 Å². The first-order chi connectivity index (χ1) is 17.2. The van der Waals surface area contributed by atoms with Gasteiger partial charge in [0.2, 0.25) is 5.91 Å². The Bertz CT molecular complexity index is 1030. The van der Waals surface area contributed by atoms with E-state index < -0.39 is 35.0 Å². The van der Waals surface area contributed by atoms with Crippen molar-refractivity contribution in [3.05, 3.63) is 36.9 Å². The van der Waals surface area contributed by atoms with Gasteiger partial charge in [-0.2, -0.15) is 0 Å². The highest BCUT2D eigenvalue weighted by atomic mass is 16.6. The first kappa shape index (κ1) is 26.2. The monoisotopic (exact) mass is 500 g/mol. The summed E-state index contributed by atoms with van der Waals surface area (Å²) in [6.07, 6.45) is 2.40. The zero-order valence-electron chi connectivity index (χ0n) is 21.4. The number of ether oxygens (including phenoxy) is 3. The molecule has 3 fully saturated rings. The lowest BCUT2D eigenvalue weighted by molar-refractivity contribution is -0.161. The van der Waals surface area contributed by atoms with Gasteiger partial charge in [-0.3, -0.25) is 14.4 Å². The molecule has 6 atom stereocenters. The number of carbonyl (C=O) groups excluding carboxylic acids is 3. The largest absolute Gasteiger partial charge is 0.497 e. The highest BCUT2D eigenvalue weighted by Crippen LogP contribution is 2.65. The number of hydrogen-bond donors (Lipinski definition) is 1. The Labute approximate surface area is 212 Å². The summed E-state index contributed by atoms with van der Waals surface area (Å²) in [4.78, 5) is 44.5. The molecule has 3 aliphatic rings. The van der Waals surface area contributed by atoms with Gasteiger partial charge in [0.25, 0.3) is 5.91 Å². The molecule has 1 N–H and O–H groups in total. The fourth-order valence-corrected chi connectivity index (χ4v) is 6.45. The van der Waals surface area contributed by atoms with Crippen LogP contribution in [0.25, 0.3) is 0 Å². The van der Waals surface area contributed by atoms with E-state index in [0.29, 0.717) is 24.3 Å². The Morgan fingerprint density at radius 3 is 2.61 bits per heavy atom. The second kappa shape index (κ2) is 9.86. The van der Waals surface area contributed by atoms with Crippen LogP contribution in [0, 0.1) is 17.8 Å². The normalized spacial score (nSPS) is 32.4. The van der Waals surface area contributed by atoms with E-state index in [-0.39, 0.29) is 44.0 Å². The predicted octanol–water partition coefficient (Wildman–Crippen LogP) is 2.17. The number of amides is 2. The van der Waals surface area contributed by atoms with Crippen LogP contribution >= 0.6 is 0 Å². The number of methoxy groups -OCH3 is 1. The summed E-state index contributed by atoms with van der Waals surface area (Å²) in [6, 6.07) is 6.14. The van der Waals surface area contributed by atoms with Gasteiger partial charge in [-0.1, -0.05) is 13.0 Å². The number of rotatable bonds is 10. The number of nitrogens with zero attached hydrogens (tertiary/aromatic N) is 2. The molecule has 1 aromatic rings. The molecule has 3 aliphatic heterocycles. The minimum Gasteiger partial charge on any atom is -0.497 e. The first-order valence-corrected chi connectivity index (χ1v) is 12.5. The summed E-state index contributed by atoms with van der Waals surface area (Å²) in [6.45, 7) is 9.85. The minimum atomic E-state index is -1.17. The van der Waals surface area contributed by atoms with Crippen molar-refractivity contribution >= 4 is 23.5 Å². The van der Waals surface area contributed by atoms with Gasteiger partial charge in [-0.05, 0) is 56.9 Å². The van der Waals surface area contributed by atoms with Crippen molar-refractivity contribution in [3.8, 4) is 5.75 Å². The lowest BCUT2D eigenvalue weighted by Crippen LogP contribution is -2.57. The van der Waals surface area contributed by atoms with Gasteiger partial charge in [0.05, 0.1) is 25.2 Å². The van der Waals surface area contributed by atoms with Crippen LogP contribution < -0.4 is 9.64 Å². The molecule has 1 spiro atoms. The lowest BCUT2D eigenvalue weighted by atomic mass is 9.62. The molecule has 1 aromatic carbocycles. The van der Waals surface area contributed by atoms with E-state index in [0.717, 1.165) is 0 Å². The van der Waals surface area contributed by atoms with Crippen molar-refractivity contribution in [1.82, 2.24) is 4.90 Å². The molecule has 9 nitrogen and oxygen atoms in total. The van der Waals surface area contributed by atoms with Gasteiger partial charge in [0.15, 0.2) is 0 Å². The maximum absolute atomic E-state index is 14.3. The number of aliphatic hydroxyl groups excluding tert-OH is 1. The van der Waals surface area contributed by atoms with Crippen molar-refractivity contribution in [2.24, 2.45) is 17.8 Å². The van der Waals surface area contributed by atoms with Gasteiger partial charge < -0.3 is 29.1 Å². The summed E-state index contributed by atoms with van der Waals surface area (Å²) in [7, 11) is 1.57. The molecular formula is C27H36N2O7. The average molecular weight is 501 g/mol. The summed E-state index contributed by atoms with van der Waals surface area (Å²) >= 11 is 0. The van der Waals surface area contributed by atoms with E-state index in [2.05, 4.69) is 6.58 Å². The summed E-state index contributed by atoms with van der Waals surface area (Å²) in [5, 5.41) is 9.52. The summed E-state index contributed by atoms with van der Waals surface area (Å²) in [5.41, 5.74) is -1.46. The van der Waals surface area contributed by atoms with E-state index in [4.69, 9.17) is 14.2 Å². The number of likely N-dealkylation sites (tertiary alicyclic amines) is 1. The van der Waals surface area contributed by atoms with Crippen molar-refractivity contribution in [3.63, 3.8) is 0 Å². The third-order valence-electron chi connectivity index (χ3n) is 8.11. The van der Waals surface area contributed by atoms with Crippen LogP contribution in [0.15, 0.2) is 36.9 Å². The van der Waals surface area contributed by atoms with Crippen LogP contribution in [0.3, 0.4) is 0 Å². The zero-order valence-corrected chi connectivity index (χ0v) is 21.4. The maximum Gasteiger partial charge on any atom is 0.312 e. The van der Waals surface area contributed by atoms with E-state index in [1.54, 1.807) is 49.3 Å². The van der Waals surface area contributed by atoms with E-state index in [1.807, 2.05) is 13.8 Å². The molecule has 3 unspecified atom stereocenters. The topological polar surface area (TPSA) is 106 Å². The van der Waals surface area contributed by atoms with Gasteiger partial charge in [-0.15, -0.1) is 6.58 Å². The number of carbonyl (C=O) groups is 3. The molecule has 4 rings (SSSR count). The SMILES string of the molecule is C=CCN(C(=O)C1N(CCCO)C(=O)[C@@H]2[C@H](C(=O)OCC)[C@@]3(C)OC12CC3C)c1ccc(OC)cc1. The first-order valence-electron chi connectivity index (χ1n) is 12.5. The molecule has 0 aromatic heterocycles. The van der Waals surface area contributed by atoms with E-state index >= 15 is 0 Å². The summed E-state index contributed by atoms with van der Waals surface area (Å²) in [5.74, 6) is -2.14. The second-order valence-corrected chi connectivity index (χ2v) is 10.0. The van der Waals surface area contributed by atoms with Crippen molar-refractivity contribution < 1.29 is 33.7 Å². The van der Waals surface area contributed by atoms with Gasteiger partial charge in [0, 0.05) is 25.4 Å². The molecule has 3 saturated heterocycles. The molecule has 0 saturated carbocycles. The van der Waals surface area contributed by atoms with Gasteiger partial charge in [-0.25, -0.2) is 0 Å². The summed E-state index contributed by atoms with van der Waals surface area (Å²) < 4.78 is 17.3. The lowest BCUT2D eigenvalue weighted by Gasteiger charge is -2.37. The highest BCUT2D eigenvalue weighted by Gasteiger charge is 2.80. The smallest absolute Gasteiger partial charge is 0.312 e. The molecule has 0 radical (unpaired) electrons. The highest BCUT2D eigenvalue weighted by molar-refractivity contribution is 6.04. The Hall–Kier alpha value is -2.91. The third kappa shape index (κ3) is 3.80. The number of esters is 1. The van der Waals surface area contributed by atoms with Crippen LogP contribution in [0.1, 0.15) is 33.6 Å². The molecule has 0 aliphatic carbocycles. The van der Waals surface area contributed by atoms with Crippen LogP contribution in [0.2, 0.25) is 0 Å². The standard InChI is InChI=1S/C27H36N2O7/c1-6-13-28(18-9-11-19(34-5)12-10-18)24(32)22-27-16-17(3)26(4,36-27)21(25(33)35-7-2)20(27)23(31)29(22)14-8-15-30/h6,9-12,17,20-22,30H,1,7-8,13-16H2,2-5H3/t17?,20-,21+,22?,26-,27?/m0/s1. The van der Waals surface area contributed by atoms with Crippen LogP contribution in [0.5, 0.6) is 5.75 Å². The molecule has 2 bridgehead atoms. The number of hydrogen-bond acceptors (Lipinski definition) is 7. The third-order valence-corrected chi connectivity index (χ3v) is 8.11. The van der Waals surface area contributed by atoms with Gasteiger partial charge >= 0.3 is 5.97 Å². The maximum atomic E-state index is 14.3. The Morgan fingerprint density at radius 1 is 1.33 bits per heavy atom. The molecule has 3 heterocycles. The minimum absolute atomic E-state index is 0.0714. The Morgan fingerprint density at radius 2 is 2.03 bits per heavy atom. The molecular weight excluding hydrogens is 464 g/mol. The molecule has 9 heteroatoms. The number of anilines is 1. The van der Waals surface area contributed by atoms with Crippen LogP contribution in [-0.2, 0) is 23.9 Å². The van der Waals surface area contributed by atoms with Gasteiger partial charge in [0.1, 0.15) is 23.3 Å². The average Bonchev–Trinajstić information content (AvgIpc) is 3.37. The van der Waals surface area contributed by atoms with Crippen LogP contribution in [0.4, 0.5) is 5.69 Å². The fraction of sp³-hybridized carbons (Fsp3) is 0.593. The number of fused-ring (bicyclic) bond motifs is 1. The second-order valence-electron chi connectivity index (χ2n) is 10.0. The Kier molecular flexibility index (Phi) is 7.16. The number of aliphatic hydroxyl groups is 1. The quantitative estimate of drug-likeness (QED) is 0.388. The van der Waals surface area contributed by atoms with Crippen LogP contribution in [-0.4, -0.2) is 78.4 Å². The van der Waals surface area contributed by atoms with Crippen molar-refractivity contribution in [2.75, 3.05) is 38.3 Å². The number of benzene rings is 1. The molecule has 2 amide bonds. The zero-order chi connectivity index (χ0) is 26.3. The molecule has 36 heavy (non-hydrogen) atoms. The predicted molar refractivity (Wildman–Crippen MR) is 132 cm³/mol. The van der Waals surface area contributed by atoms with E-state index in [9.17, 15) is 19.5 Å².